The Morgan fingerprint density at radius 3 is 2.97 bits per heavy atom. The van der Waals surface area contributed by atoms with Crippen LogP contribution in [0.4, 0.5) is 5.69 Å². The summed E-state index contributed by atoms with van der Waals surface area (Å²) in [5, 5.41) is 13.2. The second kappa shape index (κ2) is 10.2. The first kappa shape index (κ1) is 21.8. The van der Waals surface area contributed by atoms with Crippen molar-refractivity contribution in [3.63, 3.8) is 0 Å². The van der Waals surface area contributed by atoms with Crippen molar-refractivity contribution >= 4 is 11.7 Å². The summed E-state index contributed by atoms with van der Waals surface area (Å²) >= 11 is 0. The van der Waals surface area contributed by atoms with Crippen LogP contribution in [0.3, 0.4) is 0 Å². The fraction of sp³-hybridized carbons (Fsp3) is 0.520. The zero-order chi connectivity index (χ0) is 21.6. The Kier molecular flexibility index (Phi) is 7.20. The summed E-state index contributed by atoms with van der Waals surface area (Å²) in [5.74, 6) is -0.796. The van der Waals surface area contributed by atoms with Crippen LogP contribution in [0, 0.1) is 6.92 Å². The third-order valence-electron chi connectivity index (χ3n) is 6.31. The van der Waals surface area contributed by atoms with Crippen molar-refractivity contribution in [2.75, 3.05) is 31.6 Å². The molecule has 2 aromatic rings. The summed E-state index contributed by atoms with van der Waals surface area (Å²) in [6, 6.07) is 11.1. The Hall–Kier alpha value is -2.44. The van der Waals surface area contributed by atoms with E-state index in [4.69, 9.17) is 9.72 Å². The van der Waals surface area contributed by atoms with Gasteiger partial charge in [0.25, 0.3) is 0 Å². The van der Waals surface area contributed by atoms with E-state index in [1.807, 2.05) is 35.2 Å². The van der Waals surface area contributed by atoms with Gasteiger partial charge in [-0.25, -0.2) is 0 Å². The van der Waals surface area contributed by atoms with Crippen LogP contribution in [0.15, 0.2) is 36.4 Å². The smallest absolute Gasteiger partial charge is 0.325 e. The van der Waals surface area contributed by atoms with Gasteiger partial charge in [0.2, 0.25) is 0 Å². The van der Waals surface area contributed by atoms with Crippen LogP contribution in [0.25, 0.3) is 0 Å². The SMILES string of the molecule is Cc1cc(CCCCO[C@@H]2CCN(C(C(=O)O)c3ccccc3)C2)nc2c1NCCC2. The van der Waals surface area contributed by atoms with Crippen molar-refractivity contribution in [1.29, 1.82) is 0 Å². The van der Waals surface area contributed by atoms with Crippen LogP contribution in [0.5, 0.6) is 0 Å². The summed E-state index contributed by atoms with van der Waals surface area (Å²) in [6.07, 6.45) is 6.24. The number of carboxylic acids is 1. The first-order valence-corrected chi connectivity index (χ1v) is 11.5. The maximum Gasteiger partial charge on any atom is 0.325 e. The third-order valence-corrected chi connectivity index (χ3v) is 6.31. The van der Waals surface area contributed by atoms with Gasteiger partial charge in [0.15, 0.2) is 0 Å². The van der Waals surface area contributed by atoms with Crippen molar-refractivity contribution in [1.82, 2.24) is 9.88 Å². The van der Waals surface area contributed by atoms with E-state index in [1.54, 1.807) is 0 Å². The molecule has 1 fully saturated rings. The molecule has 2 atom stereocenters. The highest BCUT2D eigenvalue weighted by atomic mass is 16.5. The van der Waals surface area contributed by atoms with Gasteiger partial charge in [0.1, 0.15) is 6.04 Å². The number of ether oxygens (including phenoxy) is 1. The Morgan fingerprint density at radius 2 is 2.16 bits per heavy atom. The number of carboxylic acid groups (broad SMARTS) is 1. The molecule has 6 heteroatoms. The molecule has 31 heavy (non-hydrogen) atoms. The number of nitrogens with one attached hydrogen (secondary N) is 1. The quantitative estimate of drug-likeness (QED) is 0.594. The number of aliphatic carboxylic acids is 1. The maximum atomic E-state index is 11.8. The highest BCUT2D eigenvalue weighted by Gasteiger charge is 2.33. The van der Waals surface area contributed by atoms with E-state index in [0.29, 0.717) is 13.2 Å². The number of rotatable bonds is 9. The Labute approximate surface area is 184 Å². The summed E-state index contributed by atoms with van der Waals surface area (Å²) in [5.41, 5.74) is 5.76. The summed E-state index contributed by atoms with van der Waals surface area (Å²) in [7, 11) is 0. The minimum absolute atomic E-state index is 0.112. The molecule has 1 aromatic heterocycles. The lowest BCUT2D eigenvalue weighted by Gasteiger charge is -2.24. The summed E-state index contributed by atoms with van der Waals surface area (Å²) in [6.45, 7) is 5.35. The molecule has 0 aliphatic carbocycles. The van der Waals surface area contributed by atoms with Gasteiger partial charge in [-0.15, -0.1) is 0 Å². The lowest BCUT2D eigenvalue weighted by atomic mass is 10.0. The molecule has 1 saturated heterocycles. The number of nitrogens with zero attached hydrogens (tertiary/aromatic N) is 2. The minimum atomic E-state index is -0.796. The summed E-state index contributed by atoms with van der Waals surface area (Å²) in [4.78, 5) is 18.7. The van der Waals surface area contributed by atoms with E-state index in [9.17, 15) is 9.90 Å². The molecule has 2 aliphatic heterocycles. The van der Waals surface area contributed by atoms with Crippen LogP contribution in [0.2, 0.25) is 0 Å². The largest absolute Gasteiger partial charge is 0.480 e. The van der Waals surface area contributed by atoms with Gasteiger partial charge >= 0.3 is 5.97 Å². The first-order chi connectivity index (χ1) is 15.1. The van der Waals surface area contributed by atoms with Crippen molar-refractivity contribution in [3.8, 4) is 0 Å². The second-order valence-corrected chi connectivity index (χ2v) is 8.67. The fourth-order valence-electron chi connectivity index (χ4n) is 4.76. The Morgan fingerprint density at radius 1 is 1.32 bits per heavy atom. The molecule has 166 valence electrons. The van der Waals surface area contributed by atoms with Gasteiger partial charge in [0.05, 0.1) is 17.5 Å². The van der Waals surface area contributed by atoms with Crippen LogP contribution in [-0.4, -0.2) is 53.3 Å². The highest BCUT2D eigenvalue weighted by Crippen LogP contribution is 2.27. The van der Waals surface area contributed by atoms with Crippen molar-refractivity contribution < 1.29 is 14.6 Å². The monoisotopic (exact) mass is 423 g/mol. The molecule has 0 saturated carbocycles. The molecule has 1 aromatic carbocycles. The van der Waals surface area contributed by atoms with Gasteiger partial charge < -0.3 is 15.2 Å². The molecule has 0 bridgehead atoms. The van der Waals surface area contributed by atoms with Gasteiger partial charge in [-0.3, -0.25) is 14.7 Å². The van der Waals surface area contributed by atoms with Crippen molar-refractivity contribution in [2.45, 2.75) is 57.6 Å². The van der Waals surface area contributed by atoms with E-state index in [-0.39, 0.29) is 6.10 Å². The molecular weight excluding hydrogens is 390 g/mol. The number of hydrogen-bond donors (Lipinski definition) is 2. The molecule has 0 spiro atoms. The number of unbranched alkanes of at least 4 members (excludes halogenated alkanes) is 1. The van der Waals surface area contributed by atoms with Crippen LogP contribution >= 0.6 is 0 Å². The van der Waals surface area contributed by atoms with Crippen LogP contribution in [-0.2, 0) is 22.4 Å². The normalized spacial score (nSPS) is 19.6. The number of aryl methyl sites for hydroxylation is 3. The van der Waals surface area contributed by atoms with Gasteiger partial charge in [-0.2, -0.15) is 0 Å². The maximum absolute atomic E-state index is 11.8. The molecular formula is C25H33N3O3. The standard InChI is InChI=1S/C25H33N3O3/c1-18-16-20(27-22-11-7-13-26-23(18)22)10-5-6-15-31-21-12-14-28(17-21)24(25(29)30)19-8-3-2-4-9-19/h2-4,8-9,16,21,24,26H,5-7,10-15,17H2,1H3,(H,29,30)/t21-,24?/m1/s1. The number of fused-ring (bicyclic) bond motifs is 1. The predicted octanol–water partition coefficient (Wildman–Crippen LogP) is 3.99. The number of benzene rings is 1. The average molecular weight is 424 g/mol. The van der Waals surface area contributed by atoms with Crippen LogP contribution < -0.4 is 5.32 Å². The lowest BCUT2D eigenvalue weighted by molar-refractivity contribution is -0.143. The topological polar surface area (TPSA) is 74.7 Å². The number of hydrogen-bond acceptors (Lipinski definition) is 5. The Balaban J connectivity index is 1.21. The molecule has 3 heterocycles. The second-order valence-electron chi connectivity index (χ2n) is 8.67. The molecule has 2 aliphatic rings. The van der Waals surface area contributed by atoms with Crippen LogP contribution in [0.1, 0.15) is 54.2 Å². The zero-order valence-corrected chi connectivity index (χ0v) is 18.3. The van der Waals surface area contributed by atoms with E-state index < -0.39 is 12.0 Å². The van der Waals surface area contributed by atoms with Gasteiger partial charge in [-0.05, 0) is 62.6 Å². The molecule has 1 unspecified atom stereocenters. The van der Waals surface area contributed by atoms with E-state index in [0.717, 1.165) is 57.2 Å². The molecule has 2 N–H and O–H groups in total. The third kappa shape index (κ3) is 5.43. The van der Waals surface area contributed by atoms with E-state index in [2.05, 4.69) is 18.3 Å². The summed E-state index contributed by atoms with van der Waals surface area (Å²) < 4.78 is 6.09. The average Bonchev–Trinajstić information content (AvgIpc) is 3.22. The molecule has 0 radical (unpaired) electrons. The number of pyridine rings is 1. The molecule has 4 rings (SSSR count). The van der Waals surface area contributed by atoms with E-state index >= 15 is 0 Å². The predicted molar refractivity (Wildman–Crippen MR) is 121 cm³/mol. The first-order valence-electron chi connectivity index (χ1n) is 11.5. The van der Waals surface area contributed by atoms with Gasteiger partial charge in [-0.1, -0.05) is 30.3 Å². The molecule has 6 nitrogen and oxygen atoms in total. The fourth-order valence-corrected chi connectivity index (χ4v) is 4.76. The number of likely N-dealkylation sites (tertiary alicyclic amines) is 1. The highest BCUT2D eigenvalue weighted by molar-refractivity contribution is 5.75. The van der Waals surface area contributed by atoms with Crippen molar-refractivity contribution in [3.05, 3.63) is 58.9 Å². The van der Waals surface area contributed by atoms with Crippen molar-refractivity contribution in [2.24, 2.45) is 0 Å². The lowest BCUT2D eigenvalue weighted by Crippen LogP contribution is -2.33. The zero-order valence-electron chi connectivity index (χ0n) is 18.3. The van der Waals surface area contributed by atoms with E-state index in [1.165, 1.54) is 22.6 Å². The Bertz CT molecular complexity index is 887. The van der Waals surface area contributed by atoms with Gasteiger partial charge in [0, 0.05) is 31.9 Å². The number of anilines is 1. The molecule has 0 amide bonds. The minimum Gasteiger partial charge on any atom is -0.480 e. The number of carbonyl (C=O) groups is 1. The number of aromatic nitrogens is 1.